The van der Waals surface area contributed by atoms with Crippen LogP contribution in [-0.2, 0) is 9.84 Å². The molecule has 0 saturated carbocycles. The first kappa shape index (κ1) is 15.4. The third kappa shape index (κ3) is 3.75. The minimum Gasteiger partial charge on any atom is -0.349 e. The first-order chi connectivity index (χ1) is 9.78. The van der Waals surface area contributed by atoms with Crippen molar-refractivity contribution in [2.24, 2.45) is 0 Å². The summed E-state index contributed by atoms with van der Waals surface area (Å²) in [5, 5.41) is 13.1. The van der Waals surface area contributed by atoms with Gasteiger partial charge < -0.3 is 5.32 Å². The molecule has 21 heavy (non-hydrogen) atoms. The normalized spacial score (nSPS) is 18.1. The number of nitro groups is 1. The molecule has 9 heteroatoms. The fraction of sp³-hybridized carbons (Fsp3) is 0.417. The predicted octanol–water partition coefficient (Wildman–Crippen LogP) is 1.04. The molecule has 1 N–H and O–H groups in total. The summed E-state index contributed by atoms with van der Waals surface area (Å²) < 4.78 is 36.0. The lowest BCUT2D eigenvalue weighted by Gasteiger charge is -2.23. The Morgan fingerprint density at radius 3 is 2.48 bits per heavy atom. The van der Waals surface area contributed by atoms with Crippen LogP contribution in [0.2, 0.25) is 0 Å². The minimum atomic E-state index is -3.02. The Labute approximate surface area is 120 Å². The van der Waals surface area contributed by atoms with Crippen LogP contribution in [0.15, 0.2) is 18.2 Å². The molecule has 1 fully saturated rings. The number of benzene rings is 1. The van der Waals surface area contributed by atoms with Gasteiger partial charge in [0.25, 0.3) is 5.91 Å². The van der Waals surface area contributed by atoms with Crippen molar-refractivity contribution < 1.29 is 22.5 Å². The van der Waals surface area contributed by atoms with E-state index in [2.05, 4.69) is 5.32 Å². The van der Waals surface area contributed by atoms with E-state index < -0.39 is 32.2 Å². The van der Waals surface area contributed by atoms with Gasteiger partial charge in [-0.15, -0.1) is 0 Å². The van der Waals surface area contributed by atoms with E-state index in [1.165, 1.54) is 0 Å². The molecular weight excluding hydrogens is 303 g/mol. The zero-order chi connectivity index (χ0) is 15.6. The number of rotatable bonds is 3. The van der Waals surface area contributed by atoms with Crippen LogP contribution < -0.4 is 5.32 Å². The molecule has 0 bridgehead atoms. The quantitative estimate of drug-likeness (QED) is 0.662. The average Bonchev–Trinajstić information content (AvgIpc) is 2.40. The van der Waals surface area contributed by atoms with E-state index in [4.69, 9.17) is 0 Å². The maximum Gasteiger partial charge on any atom is 0.304 e. The summed E-state index contributed by atoms with van der Waals surface area (Å²) in [6, 6.07) is 2.60. The molecule has 0 aromatic heterocycles. The number of hydrogen-bond acceptors (Lipinski definition) is 5. The molecule has 1 amide bonds. The molecule has 1 aromatic rings. The Morgan fingerprint density at radius 1 is 1.33 bits per heavy atom. The van der Waals surface area contributed by atoms with Gasteiger partial charge in [0.1, 0.15) is 9.84 Å². The van der Waals surface area contributed by atoms with Crippen LogP contribution in [0.4, 0.5) is 10.1 Å². The first-order valence-corrected chi connectivity index (χ1v) is 8.06. The molecular formula is C12H13FN2O5S. The van der Waals surface area contributed by atoms with Crippen LogP contribution in [0.25, 0.3) is 0 Å². The van der Waals surface area contributed by atoms with E-state index in [1.807, 2.05) is 0 Å². The maximum absolute atomic E-state index is 13.4. The van der Waals surface area contributed by atoms with Gasteiger partial charge in [0.2, 0.25) is 5.82 Å². The van der Waals surface area contributed by atoms with Gasteiger partial charge in [0.05, 0.1) is 16.4 Å². The van der Waals surface area contributed by atoms with Crippen LogP contribution >= 0.6 is 0 Å². The molecule has 1 heterocycles. The fourth-order valence-corrected chi connectivity index (χ4v) is 3.59. The summed E-state index contributed by atoms with van der Waals surface area (Å²) in [7, 11) is -3.02. The maximum atomic E-state index is 13.4. The highest BCUT2D eigenvalue weighted by atomic mass is 32.2. The van der Waals surface area contributed by atoms with Crippen molar-refractivity contribution in [1.82, 2.24) is 5.32 Å². The van der Waals surface area contributed by atoms with Gasteiger partial charge in [-0.1, -0.05) is 0 Å². The van der Waals surface area contributed by atoms with E-state index in [-0.39, 0.29) is 23.1 Å². The third-order valence-corrected chi connectivity index (χ3v) is 5.01. The smallest absolute Gasteiger partial charge is 0.304 e. The van der Waals surface area contributed by atoms with Crippen molar-refractivity contribution in [3.63, 3.8) is 0 Å². The second-order valence-corrected chi connectivity index (χ2v) is 7.13. The van der Waals surface area contributed by atoms with E-state index in [9.17, 15) is 27.7 Å². The number of amides is 1. The van der Waals surface area contributed by atoms with Crippen molar-refractivity contribution in [3.8, 4) is 0 Å². The van der Waals surface area contributed by atoms with Gasteiger partial charge in [0.15, 0.2) is 0 Å². The van der Waals surface area contributed by atoms with Crippen molar-refractivity contribution >= 4 is 21.4 Å². The Hall–Kier alpha value is -2.03. The summed E-state index contributed by atoms with van der Waals surface area (Å²) in [5.41, 5.74) is -0.734. The van der Waals surface area contributed by atoms with E-state index in [1.54, 1.807) is 0 Å². The Morgan fingerprint density at radius 2 is 1.95 bits per heavy atom. The highest BCUT2D eigenvalue weighted by Gasteiger charge is 2.25. The van der Waals surface area contributed by atoms with Crippen molar-refractivity contribution in [2.45, 2.75) is 18.9 Å². The second kappa shape index (κ2) is 5.76. The average molecular weight is 316 g/mol. The molecule has 1 aromatic carbocycles. The lowest BCUT2D eigenvalue weighted by molar-refractivity contribution is -0.387. The van der Waals surface area contributed by atoms with E-state index in [0.717, 1.165) is 18.2 Å². The second-order valence-electron chi connectivity index (χ2n) is 4.82. The summed E-state index contributed by atoms with van der Waals surface area (Å²) in [6.45, 7) is 0. The number of hydrogen-bond donors (Lipinski definition) is 1. The lowest BCUT2D eigenvalue weighted by Crippen LogP contribution is -2.40. The van der Waals surface area contributed by atoms with Gasteiger partial charge in [-0.25, -0.2) is 8.42 Å². The SMILES string of the molecule is O=C(NC1CCS(=O)(=O)CC1)c1ccc([N+](=O)[O-])c(F)c1. The van der Waals surface area contributed by atoms with Crippen LogP contribution in [0.1, 0.15) is 23.2 Å². The van der Waals surface area contributed by atoms with Crippen molar-refractivity contribution in [1.29, 1.82) is 0 Å². The van der Waals surface area contributed by atoms with Crippen LogP contribution in [0.5, 0.6) is 0 Å². The van der Waals surface area contributed by atoms with Gasteiger partial charge in [-0.2, -0.15) is 4.39 Å². The number of carbonyl (C=O) groups excluding carboxylic acids is 1. The summed E-state index contributed by atoms with van der Waals surface area (Å²) in [5.74, 6) is -1.65. The standard InChI is InChI=1S/C12H13FN2O5S/c13-10-7-8(1-2-11(10)15(17)18)12(16)14-9-3-5-21(19,20)6-4-9/h1-2,7,9H,3-6H2,(H,14,16). The Bertz CT molecular complexity index is 675. The molecule has 2 rings (SSSR count). The van der Waals surface area contributed by atoms with Crippen LogP contribution in [-0.4, -0.2) is 36.8 Å². The number of halogens is 1. The Balaban J connectivity index is 2.04. The molecule has 0 aliphatic carbocycles. The number of sulfone groups is 1. The van der Waals surface area contributed by atoms with Crippen LogP contribution in [0.3, 0.4) is 0 Å². The summed E-state index contributed by atoms with van der Waals surface area (Å²) >= 11 is 0. The first-order valence-electron chi connectivity index (χ1n) is 6.24. The highest BCUT2D eigenvalue weighted by Crippen LogP contribution is 2.19. The monoisotopic (exact) mass is 316 g/mol. The molecule has 1 aliphatic heterocycles. The summed E-state index contributed by atoms with van der Waals surface area (Å²) in [6.07, 6.45) is 0.618. The molecule has 1 saturated heterocycles. The van der Waals surface area contributed by atoms with Crippen molar-refractivity contribution in [3.05, 3.63) is 39.7 Å². The zero-order valence-electron chi connectivity index (χ0n) is 10.9. The van der Waals surface area contributed by atoms with Gasteiger partial charge in [-0.05, 0) is 25.0 Å². The molecule has 7 nitrogen and oxygen atoms in total. The molecule has 0 unspecified atom stereocenters. The predicted molar refractivity (Wildman–Crippen MR) is 72.2 cm³/mol. The number of nitrogens with one attached hydrogen (secondary N) is 1. The van der Waals surface area contributed by atoms with Gasteiger partial charge in [-0.3, -0.25) is 14.9 Å². The van der Waals surface area contributed by atoms with Gasteiger partial charge in [0, 0.05) is 17.7 Å². The van der Waals surface area contributed by atoms with Gasteiger partial charge >= 0.3 is 5.69 Å². The van der Waals surface area contributed by atoms with Crippen LogP contribution in [0, 0.1) is 15.9 Å². The zero-order valence-corrected chi connectivity index (χ0v) is 11.7. The highest BCUT2D eigenvalue weighted by molar-refractivity contribution is 7.91. The molecule has 0 spiro atoms. The minimum absolute atomic E-state index is 0.00652. The third-order valence-electron chi connectivity index (χ3n) is 3.30. The number of carbonyl (C=O) groups is 1. The summed E-state index contributed by atoms with van der Waals surface area (Å²) in [4.78, 5) is 21.5. The molecule has 0 atom stereocenters. The topological polar surface area (TPSA) is 106 Å². The number of nitro benzene ring substituents is 1. The molecule has 1 aliphatic rings. The largest absolute Gasteiger partial charge is 0.349 e. The van der Waals surface area contributed by atoms with Crippen molar-refractivity contribution in [2.75, 3.05) is 11.5 Å². The fourth-order valence-electron chi connectivity index (χ4n) is 2.10. The van der Waals surface area contributed by atoms with E-state index >= 15 is 0 Å². The van der Waals surface area contributed by atoms with E-state index in [0.29, 0.717) is 12.8 Å². The number of nitrogens with zero attached hydrogens (tertiary/aromatic N) is 1. The Kier molecular flexibility index (Phi) is 4.21. The lowest BCUT2D eigenvalue weighted by atomic mass is 10.1. The molecule has 114 valence electrons. The molecule has 0 radical (unpaired) electrons.